The van der Waals surface area contributed by atoms with Gasteiger partial charge in [0.15, 0.2) is 0 Å². The average Bonchev–Trinajstić information content (AvgIpc) is 2.69. The monoisotopic (exact) mass is 326 g/mol. The summed E-state index contributed by atoms with van der Waals surface area (Å²) in [6.07, 6.45) is -6.35. The van der Waals surface area contributed by atoms with Crippen LogP contribution in [0.15, 0.2) is 0 Å². The van der Waals surface area contributed by atoms with Crippen molar-refractivity contribution in [3.05, 3.63) is 0 Å². The van der Waals surface area contributed by atoms with Crippen molar-refractivity contribution in [2.24, 2.45) is 0 Å². The van der Waals surface area contributed by atoms with Crippen LogP contribution < -0.4 is 5.32 Å². The van der Waals surface area contributed by atoms with Gasteiger partial charge in [-0.15, -0.1) is 0 Å². The molecule has 1 fully saturated rings. The number of nitrogens with zero attached hydrogens (tertiary/aromatic N) is 1. The van der Waals surface area contributed by atoms with E-state index in [4.69, 9.17) is 9.84 Å². The van der Waals surface area contributed by atoms with E-state index >= 15 is 0 Å². The van der Waals surface area contributed by atoms with E-state index in [1.54, 1.807) is 26.1 Å². The number of alkyl halides is 3. The first-order valence-corrected chi connectivity index (χ1v) is 6.41. The zero-order valence-electron chi connectivity index (χ0n) is 12.2. The number of carboxylic acid groups (broad SMARTS) is 1. The average molecular weight is 326 g/mol. The molecule has 0 aromatic rings. The summed E-state index contributed by atoms with van der Waals surface area (Å²) in [5.74, 6) is -3.55. The molecule has 0 spiro atoms. The standard InChI is InChI=1S/C12H17F3N2O5/c1-11(2,3)22-10(21)17-5-6(4-7(17)8(18)19)16-9(20)12(13,14)15/h6-7H,4-5H2,1-3H3,(H,16,20)(H,18,19). The number of hydrogen-bond donors (Lipinski definition) is 2. The van der Waals surface area contributed by atoms with E-state index in [9.17, 15) is 27.6 Å². The van der Waals surface area contributed by atoms with E-state index in [-0.39, 0.29) is 13.0 Å². The van der Waals surface area contributed by atoms with Gasteiger partial charge in [0, 0.05) is 19.0 Å². The topological polar surface area (TPSA) is 95.9 Å². The van der Waals surface area contributed by atoms with Crippen molar-refractivity contribution in [3.63, 3.8) is 0 Å². The Kier molecular flexibility index (Phi) is 4.93. The Labute approximate surface area is 124 Å². The first kappa shape index (κ1) is 18.1. The highest BCUT2D eigenvalue weighted by atomic mass is 19.4. The third-order valence-electron chi connectivity index (χ3n) is 2.81. The van der Waals surface area contributed by atoms with Gasteiger partial charge in [0.25, 0.3) is 0 Å². The molecular weight excluding hydrogens is 309 g/mol. The summed E-state index contributed by atoms with van der Waals surface area (Å²) in [7, 11) is 0. The predicted octanol–water partition coefficient (Wildman–Crippen LogP) is 1.13. The van der Waals surface area contributed by atoms with Crippen molar-refractivity contribution in [1.29, 1.82) is 0 Å². The number of carbonyl (C=O) groups is 3. The Balaban J connectivity index is 2.80. The quantitative estimate of drug-likeness (QED) is 0.793. The van der Waals surface area contributed by atoms with Crippen LogP contribution in [0.5, 0.6) is 0 Å². The summed E-state index contributed by atoms with van der Waals surface area (Å²) in [6, 6.07) is -2.46. The molecule has 7 nitrogen and oxygen atoms in total. The molecule has 2 N–H and O–H groups in total. The van der Waals surface area contributed by atoms with Crippen LogP contribution in [0.4, 0.5) is 18.0 Å². The highest BCUT2D eigenvalue weighted by Gasteiger charge is 2.45. The maximum absolute atomic E-state index is 12.2. The van der Waals surface area contributed by atoms with Crippen LogP contribution >= 0.6 is 0 Å². The first-order valence-electron chi connectivity index (χ1n) is 6.41. The Hall–Kier alpha value is -2.00. The van der Waals surface area contributed by atoms with Crippen LogP contribution in [0.3, 0.4) is 0 Å². The number of ether oxygens (including phenoxy) is 1. The van der Waals surface area contributed by atoms with Gasteiger partial charge in [0.05, 0.1) is 0 Å². The van der Waals surface area contributed by atoms with Crippen LogP contribution in [0.1, 0.15) is 27.2 Å². The molecule has 10 heteroatoms. The molecule has 0 aromatic carbocycles. The van der Waals surface area contributed by atoms with E-state index in [1.807, 2.05) is 0 Å². The summed E-state index contributed by atoms with van der Waals surface area (Å²) in [5.41, 5.74) is -0.882. The van der Waals surface area contributed by atoms with E-state index in [0.717, 1.165) is 4.90 Å². The Morgan fingerprint density at radius 3 is 2.18 bits per heavy atom. The van der Waals surface area contributed by atoms with Crippen molar-refractivity contribution >= 4 is 18.0 Å². The molecule has 1 saturated heterocycles. The van der Waals surface area contributed by atoms with E-state index in [1.165, 1.54) is 0 Å². The molecule has 0 saturated carbocycles. The summed E-state index contributed by atoms with van der Waals surface area (Å²) in [5, 5.41) is 10.7. The lowest BCUT2D eigenvalue weighted by Crippen LogP contribution is -2.45. The number of aliphatic carboxylic acids is 1. The smallest absolute Gasteiger partial charge is 0.471 e. The van der Waals surface area contributed by atoms with Crippen molar-refractivity contribution < 1.29 is 37.4 Å². The molecule has 0 bridgehead atoms. The highest BCUT2D eigenvalue weighted by molar-refractivity contribution is 5.84. The fourth-order valence-electron chi connectivity index (χ4n) is 1.96. The normalized spacial score (nSPS) is 22.4. The molecular formula is C12H17F3N2O5. The minimum Gasteiger partial charge on any atom is -0.480 e. The maximum atomic E-state index is 12.2. The van der Waals surface area contributed by atoms with E-state index in [0.29, 0.717) is 0 Å². The number of rotatable bonds is 2. The van der Waals surface area contributed by atoms with Gasteiger partial charge in [-0.2, -0.15) is 13.2 Å². The lowest BCUT2D eigenvalue weighted by Gasteiger charge is -2.26. The second kappa shape index (κ2) is 6.01. The molecule has 126 valence electrons. The summed E-state index contributed by atoms with van der Waals surface area (Å²) in [4.78, 5) is 34.7. The Morgan fingerprint density at radius 1 is 1.23 bits per heavy atom. The number of carboxylic acids is 1. The zero-order valence-corrected chi connectivity index (χ0v) is 12.2. The molecule has 1 rings (SSSR count). The Bertz CT molecular complexity index is 472. The Morgan fingerprint density at radius 2 is 1.77 bits per heavy atom. The summed E-state index contributed by atoms with van der Waals surface area (Å²) < 4.78 is 41.6. The molecule has 0 aromatic heterocycles. The molecule has 0 aliphatic carbocycles. The maximum Gasteiger partial charge on any atom is 0.471 e. The minimum atomic E-state index is -5.07. The predicted molar refractivity (Wildman–Crippen MR) is 67.0 cm³/mol. The first-order chi connectivity index (χ1) is 9.81. The summed E-state index contributed by atoms with van der Waals surface area (Å²) in [6.45, 7) is 4.34. The zero-order chi connectivity index (χ0) is 17.3. The van der Waals surface area contributed by atoms with Crippen LogP contribution in [0, 0.1) is 0 Å². The lowest BCUT2D eigenvalue weighted by molar-refractivity contribution is -0.174. The van der Waals surface area contributed by atoms with Crippen LogP contribution in [0.25, 0.3) is 0 Å². The van der Waals surface area contributed by atoms with Crippen molar-refractivity contribution in [2.45, 2.75) is 51.1 Å². The third-order valence-corrected chi connectivity index (χ3v) is 2.81. The SMILES string of the molecule is CC(C)(C)OC(=O)N1CC(NC(=O)C(F)(F)F)CC1C(=O)O. The second-order valence-electron chi connectivity index (χ2n) is 5.89. The third kappa shape index (κ3) is 4.78. The van der Waals surface area contributed by atoms with Gasteiger partial charge in [-0.25, -0.2) is 9.59 Å². The van der Waals surface area contributed by atoms with Gasteiger partial charge in [0.2, 0.25) is 0 Å². The van der Waals surface area contributed by atoms with Crippen LogP contribution in [0.2, 0.25) is 0 Å². The fraction of sp³-hybridized carbons (Fsp3) is 0.750. The molecule has 2 amide bonds. The van der Waals surface area contributed by atoms with E-state index in [2.05, 4.69) is 0 Å². The van der Waals surface area contributed by atoms with Crippen molar-refractivity contribution in [2.75, 3.05) is 6.54 Å². The molecule has 2 atom stereocenters. The van der Waals surface area contributed by atoms with Crippen LogP contribution in [-0.4, -0.2) is 58.4 Å². The lowest BCUT2D eigenvalue weighted by atomic mass is 10.1. The number of halogens is 3. The van der Waals surface area contributed by atoms with Gasteiger partial charge < -0.3 is 15.2 Å². The van der Waals surface area contributed by atoms with Gasteiger partial charge in [-0.05, 0) is 20.8 Å². The van der Waals surface area contributed by atoms with Crippen LogP contribution in [-0.2, 0) is 14.3 Å². The van der Waals surface area contributed by atoms with Gasteiger partial charge >= 0.3 is 24.1 Å². The molecule has 1 heterocycles. The molecule has 1 aliphatic heterocycles. The molecule has 0 radical (unpaired) electrons. The largest absolute Gasteiger partial charge is 0.480 e. The molecule has 1 aliphatic rings. The minimum absolute atomic E-state index is 0.323. The number of likely N-dealkylation sites (tertiary alicyclic amines) is 1. The molecule has 22 heavy (non-hydrogen) atoms. The van der Waals surface area contributed by atoms with Crippen molar-refractivity contribution in [1.82, 2.24) is 10.2 Å². The number of hydrogen-bond acceptors (Lipinski definition) is 4. The van der Waals surface area contributed by atoms with Gasteiger partial charge in [0.1, 0.15) is 11.6 Å². The second-order valence-corrected chi connectivity index (χ2v) is 5.89. The van der Waals surface area contributed by atoms with Gasteiger partial charge in [-0.3, -0.25) is 9.69 Å². The summed E-state index contributed by atoms with van der Waals surface area (Å²) >= 11 is 0. The number of nitrogens with one attached hydrogen (secondary N) is 1. The van der Waals surface area contributed by atoms with Crippen molar-refractivity contribution in [3.8, 4) is 0 Å². The van der Waals surface area contributed by atoms with E-state index < -0.39 is 41.8 Å². The number of carbonyl (C=O) groups excluding carboxylic acids is 2. The molecule has 2 unspecified atom stereocenters. The number of amides is 2. The van der Waals surface area contributed by atoms with Gasteiger partial charge in [-0.1, -0.05) is 0 Å². The highest BCUT2D eigenvalue weighted by Crippen LogP contribution is 2.23. The fourth-order valence-corrected chi connectivity index (χ4v) is 1.96.